The summed E-state index contributed by atoms with van der Waals surface area (Å²) in [5.41, 5.74) is 5.60. The highest BCUT2D eigenvalue weighted by atomic mass is 16.2. The normalized spacial score (nSPS) is 11.2. The van der Waals surface area contributed by atoms with E-state index >= 15 is 0 Å². The van der Waals surface area contributed by atoms with Crippen molar-refractivity contribution in [1.82, 2.24) is 18.9 Å². The number of benzene rings is 2. The zero-order chi connectivity index (χ0) is 22.2. The smallest absolute Gasteiger partial charge is 0.260 e. The molecule has 0 spiro atoms. The molecule has 1 N–H and O–H groups in total. The van der Waals surface area contributed by atoms with Gasteiger partial charge in [-0.1, -0.05) is 18.2 Å². The number of aryl methyl sites for hydroxylation is 2. The van der Waals surface area contributed by atoms with Gasteiger partial charge in [0.2, 0.25) is 11.7 Å². The van der Waals surface area contributed by atoms with Crippen LogP contribution in [0.1, 0.15) is 11.1 Å². The van der Waals surface area contributed by atoms with Crippen LogP contribution in [0, 0.1) is 13.8 Å². The molecule has 7 nitrogen and oxygen atoms in total. The average Bonchev–Trinajstić information content (AvgIpc) is 3.11. The first-order valence-corrected chi connectivity index (χ1v) is 10.3. The van der Waals surface area contributed by atoms with Crippen molar-refractivity contribution in [1.29, 1.82) is 0 Å². The summed E-state index contributed by atoms with van der Waals surface area (Å²) in [4.78, 5) is 34.8. The number of amides is 1. The van der Waals surface area contributed by atoms with Gasteiger partial charge in [-0.15, -0.1) is 0 Å². The topological polar surface area (TPSA) is 81.3 Å². The van der Waals surface area contributed by atoms with Crippen molar-refractivity contribution < 1.29 is 4.79 Å². The van der Waals surface area contributed by atoms with Gasteiger partial charge in [-0.05, 0) is 61.4 Å². The SMILES string of the molecule is Cc1ccc(NC(=O)Cn2c3ccccc3n3c(=O)cc(-c4ccncc4)nc23)cc1C. The summed E-state index contributed by atoms with van der Waals surface area (Å²) in [6.45, 7) is 4.06. The molecule has 32 heavy (non-hydrogen) atoms. The lowest BCUT2D eigenvalue weighted by Crippen LogP contribution is -2.20. The first-order valence-electron chi connectivity index (χ1n) is 10.3. The minimum atomic E-state index is -0.202. The highest BCUT2D eigenvalue weighted by Crippen LogP contribution is 2.22. The zero-order valence-electron chi connectivity index (χ0n) is 17.7. The van der Waals surface area contributed by atoms with E-state index in [1.54, 1.807) is 33.5 Å². The third kappa shape index (κ3) is 3.43. The highest BCUT2D eigenvalue weighted by molar-refractivity contribution is 5.93. The molecule has 5 rings (SSSR count). The maximum absolute atomic E-state index is 13.0. The molecule has 1 amide bonds. The molecule has 7 heteroatoms. The number of fused-ring (bicyclic) bond motifs is 3. The van der Waals surface area contributed by atoms with Crippen LogP contribution in [0.5, 0.6) is 0 Å². The summed E-state index contributed by atoms with van der Waals surface area (Å²) < 4.78 is 3.32. The molecule has 0 unspecified atom stereocenters. The van der Waals surface area contributed by atoms with Gasteiger partial charge >= 0.3 is 0 Å². The predicted molar refractivity (Wildman–Crippen MR) is 125 cm³/mol. The Labute approximate surface area is 184 Å². The number of imidazole rings is 1. The Bertz CT molecular complexity index is 1530. The van der Waals surface area contributed by atoms with Gasteiger partial charge in [-0.2, -0.15) is 0 Å². The molecular formula is C25H21N5O2. The Morgan fingerprint density at radius 1 is 0.938 bits per heavy atom. The number of nitrogens with zero attached hydrogens (tertiary/aromatic N) is 4. The van der Waals surface area contributed by atoms with Crippen LogP contribution in [-0.2, 0) is 11.3 Å². The van der Waals surface area contributed by atoms with Gasteiger partial charge in [0.25, 0.3) is 5.56 Å². The van der Waals surface area contributed by atoms with Crippen LogP contribution in [0.3, 0.4) is 0 Å². The lowest BCUT2D eigenvalue weighted by molar-refractivity contribution is -0.116. The van der Waals surface area contributed by atoms with Crippen molar-refractivity contribution in [2.75, 3.05) is 5.32 Å². The molecule has 0 aliphatic carbocycles. The number of nitrogens with one attached hydrogen (secondary N) is 1. The number of pyridine rings is 1. The Morgan fingerprint density at radius 2 is 1.69 bits per heavy atom. The van der Waals surface area contributed by atoms with Crippen molar-refractivity contribution in [2.45, 2.75) is 20.4 Å². The number of rotatable bonds is 4. The molecule has 0 fully saturated rings. The first-order chi connectivity index (χ1) is 15.5. The molecule has 0 atom stereocenters. The predicted octanol–water partition coefficient (Wildman–Crippen LogP) is 3.97. The minimum Gasteiger partial charge on any atom is -0.325 e. The molecule has 2 aromatic carbocycles. The molecule has 0 radical (unpaired) electrons. The molecule has 3 heterocycles. The first kappa shape index (κ1) is 19.7. The molecule has 3 aromatic heterocycles. The highest BCUT2D eigenvalue weighted by Gasteiger charge is 2.17. The molecule has 158 valence electrons. The average molecular weight is 423 g/mol. The lowest BCUT2D eigenvalue weighted by Gasteiger charge is -2.10. The summed E-state index contributed by atoms with van der Waals surface area (Å²) in [7, 11) is 0. The van der Waals surface area contributed by atoms with Gasteiger partial charge in [0.05, 0.1) is 16.7 Å². The number of para-hydroxylation sites is 2. The second-order valence-electron chi connectivity index (χ2n) is 7.77. The Kier molecular flexibility index (Phi) is 4.78. The molecule has 0 aliphatic heterocycles. The van der Waals surface area contributed by atoms with Crippen molar-refractivity contribution in [2.24, 2.45) is 0 Å². The standard InChI is InChI=1S/C25H21N5O2/c1-16-7-8-19(13-17(16)2)27-23(31)15-29-21-5-3-4-6-22(21)30-24(32)14-20(28-25(29)30)18-9-11-26-12-10-18/h3-14H,15H2,1-2H3,(H,27,31). The maximum Gasteiger partial charge on any atom is 0.260 e. The van der Waals surface area contributed by atoms with Gasteiger partial charge in [0.15, 0.2) is 0 Å². The third-order valence-corrected chi connectivity index (χ3v) is 5.62. The minimum absolute atomic E-state index is 0.0240. The van der Waals surface area contributed by atoms with E-state index in [0.717, 1.165) is 27.9 Å². The number of carbonyl (C=O) groups is 1. The fraction of sp³-hybridized carbons (Fsp3) is 0.120. The molecule has 0 bridgehead atoms. The van der Waals surface area contributed by atoms with Gasteiger partial charge in [0.1, 0.15) is 6.54 Å². The van der Waals surface area contributed by atoms with E-state index in [-0.39, 0.29) is 18.0 Å². The summed E-state index contributed by atoms with van der Waals surface area (Å²) in [6, 6.07) is 18.4. The van der Waals surface area contributed by atoms with Gasteiger partial charge in [0, 0.05) is 29.7 Å². The Morgan fingerprint density at radius 3 is 2.44 bits per heavy atom. The van der Waals surface area contributed by atoms with Crippen LogP contribution in [0.25, 0.3) is 28.1 Å². The van der Waals surface area contributed by atoms with Crippen LogP contribution in [0.2, 0.25) is 0 Å². The van der Waals surface area contributed by atoms with E-state index in [1.807, 2.05) is 56.3 Å². The van der Waals surface area contributed by atoms with Crippen LogP contribution in [0.15, 0.2) is 77.9 Å². The molecule has 0 saturated heterocycles. The summed E-state index contributed by atoms with van der Waals surface area (Å²) in [6.07, 6.45) is 3.32. The van der Waals surface area contributed by atoms with E-state index in [1.165, 1.54) is 6.07 Å². The largest absolute Gasteiger partial charge is 0.325 e. The number of carbonyl (C=O) groups excluding carboxylic acids is 1. The second kappa shape index (κ2) is 7.77. The van der Waals surface area contributed by atoms with Crippen LogP contribution >= 0.6 is 0 Å². The molecule has 0 saturated carbocycles. The van der Waals surface area contributed by atoms with E-state index in [0.29, 0.717) is 17.0 Å². The van der Waals surface area contributed by atoms with E-state index in [9.17, 15) is 9.59 Å². The van der Waals surface area contributed by atoms with Crippen molar-refractivity contribution in [3.8, 4) is 11.3 Å². The monoisotopic (exact) mass is 423 g/mol. The van der Waals surface area contributed by atoms with Gasteiger partial charge in [-0.3, -0.25) is 14.6 Å². The fourth-order valence-corrected chi connectivity index (χ4v) is 3.86. The zero-order valence-corrected chi connectivity index (χ0v) is 17.7. The van der Waals surface area contributed by atoms with Crippen LogP contribution < -0.4 is 10.9 Å². The third-order valence-electron chi connectivity index (χ3n) is 5.62. The quantitative estimate of drug-likeness (QED) is 0.474. The Hall–Kier alpha value is -4.26. The second-order valence-corrected chi connectivity index (χ2v) is 7.77. The van der Waals surface area contributed by atoms with Gasteiger partial charge < -0.3 is 9.88 Å². The van der Waals surface area contributed by atoms with Crippen molar-refractivity contribution in [3.63, 3.8) is 0 Å². The molecule has 5 aromatic rings. The summed E-state index contributed by atoms with van der Waals surface area (Å²) in [5, 5.41) is 2.96. The summed E-state index contributed by atoms with van der Waals surface area (Å²) >= 11 is 0. The number of anilines is 1. The van der Waals surface area contributed by atoms with Crippen LogP contribution in [0.4, 0.5) is 5.69 Å². The maximum atomic E-state index is 13.0. The number of hydrogen-bond acceptors (Lipinski definition) is 4. The number of hydrogen-bond donors (Lipinski definition) is 1. The van der Waals surface area contributed by atoms with Gasteiger partial charge in [-0.25, -0.2) is 9.38 Å². The van der Waals surface area contributed by atoms with E-state index in [2.05, 4.69) is 10.3 Å². The Balaban J connectivity index is 1.62. The van der Waals surface area contributed by atoms with Crippen molar-refractivity contribution >= 4 is 28.4 Å². The van der Waals surface area contributed by atoms with Crippen molar-refractivity contribution in [3.05, 3.63) is 94.5 Å². The lowest BCUT2D eigenvalue weighted by atomic mass is 10.1. The summed E-state index contributed by atoms with van der Waals surface area (Å²) in [5.74, 6) is 0.223. The van der Waals surface area contributed by atoms with E-state index in [4.69, 9.17) is 4.98 Å². The molecule has 0 aliphatic rings. The molecular weight excluding hydrogens is 402 g/mol. The fourth-order valence-electron chi connectivity index (χ4n) is 3.86. The van der Waals surface area contributed by atoms with E-state index < -0.39 is 0 Å². The van der Waals surface area contributed by atoms with Crippen LogP contribution in [-0.4, -0.2) is 24.8 Å². The number of aromatic nitrogens is 4.